The predicted molar refractivity (Wildman–Crippen MR) is 325 cm³/mol. The minimum atomic E-state index is 0.472. The van der Waals surface area contributed by atoms with E-state index in [9.17, 15) is 0 Å². The van der Waals surface area contributed by atoms with Crippen LogP contribution in [0.25, 0.3) is 111 Å². The minimum absolute atomic E-state index is 0.472. The van der Waals surface area contributed by atoms with E-state index in [4.69, 9.17) is 0 Å². The van der Waals surface area contributed by atoms with Crippen molar-refractivity contribution >= 4 is 77.7 Å². The van der Waals surface area contributed by atoms with Gasteiger partial charge in [-0.1, -0.05) is 177 Å². The Kier molecular flexibility index (Phi) is 10.5. The first kappa shape index (κ1) is 44.6. The Hall–Kier alpha value is -9.90. The molecule has 0 spiro atoms. The summed E-state index contributed by atoms with van der Waals surface area (Å²) in [6.45, 7) is 2.35. The molecule has 3 heterocycles. The maximum atomic E-state index is 2.45. The molecular formula is C73H52N4. The van der Waals surface area contributed by atoms with Crippen LogP contribution in [0.5, 0.6) is 0 Å². The van der Waals surface area contributed by atoms with Gasteiger partial charge in [0.15, 0.2) is 0 Å². The third kappa shape index (κ3) is 7.44. The molecule has 0 radical (unpaired) electrons. The molecule has 1 aliphatic rings. The van der Waals surface area contributed by atoms with Gasteiger partial charge in [0, 0.05) is 66.7 Å². The van der Waals surface area contributed by atoms with E-state index < -0.39 is 0 Å². The number of hydrogen-bond acceptors (Lipinski definition) is 1. The second-order valence-electron chi connectivity index (χ2n) is 20.6. The van der Waals surface area contributed by atoms with E-state index in [1.165, 1.54) is 93.7 Å². The van der Waals surface area contributed by atoms with Crippen molar-refractivity contribution in [2.45, 2.75) is 19.3 Å². The van der Waals surface area contributed by atoms with Gasteiger partial charge in [0.25, 0.3) is 0 Å². The number of anilines is 3. The highest BCUT2D eigenvalue weighted by molar-refractivity contribution is 6.10. The molecule has 1 atom stereocenters. The normalized spacial score (nSPS) is 13.3. The zero-order valence-corrected chi connectivity index (χ0v) is 42.6. The Balaban J connectivity index is 0.798. The molecule has 0 amide bonds. The van der Waals surface area contributed by atoms with Crippen LogP contribution < -0.4 is 4.90 Å². The molecule has 4 nitrogen and oxygen atoms in total. The molecule has 15 rings (SSSR count). The molecule has 3 aromatic heterocycles. The molecule has 0 saturated carbocycles. The van der Waals surface area contributed by atoms with Crippen molar-refractivity contribution in [1.82, 2.24) is 13.7 Å². The van der Waals surface area contributed by atoms with Crippen molar-refractivity contribution in [3.8, 4) is 50.4 Å². The van der Waals surface area contributed by atoms with Crippen LogP contribution in [0.1, 0.15) is 30.5 Å². The largest absolute Gasteiger partial charge is 0.311 e. The second-order valence-corrected chi connectivity index (χ2v) is 20.6. The number of hydrogen-bond donors (Lipinski definition) is 0. The van der Waals surface area contributed by atoms with Gasteiger partial charge in [-0.2, -0.15) is 0 Å². The molecule has 11 aromatic carbocycles. The number of aromatic nitrogens is 3. The van der Waals surface area contributed by atoms with Crippen LogP contribution in [0.4, 0.5) is 17.1 Å². The smallest absolute Gasteiger partial charge is 0.0541 e. The van der Waals surface area contributed by atoms with Gasteiger partial charge in [-0.3, -0.25) is 0 Å². The maximum Gasteiger partial charge on any atom is 0.0541 e. The zero-order valence-electron chi connectivity index (χ0n) is 42.6. The summed E-state index contributed by atoms with van der Waals surface area (Å²) >= 11 is 0. The zero-order chi connectivity index (χ0) is 51.0. The molecule has 77 heavy (non-hydrogen) atoms. The van der Waals surface area contributed by atoms with Crippen LogP contribution in [0.2, 0.25) is 0 Å². The first-order valence-corrected chi connectivity index (χ1v) is 26.8. The average Bonchev–Trinajstić information content (AvgIpc) is 4.24. The molecule has 14 aromatic rings. The van der Waals surface area contributed by atoms with E-state index >= 15 is 0 Å². The summed E-state index contributed by atoms with van der Waals surface area (Å²) in [5.41, 5.74) is 22.5. The van der Waals surface area contributed by atoms with Gasteiger partial charge in [-0.15, -0.1) is 0 Å². The number of para-hydroxylation sites is 5. The molecule has 0 N–H and O–H groups in total. The summed E-state index contributed by atoms with van der Waals surface area (Å²) < 4.78 is 7.23. The van der Waals surface area contributed by atoms with Crippen LogP contribution in [0, 0.1) is 0 Å². The van der Waals surface area contributed by atoms with Crippen molar-refractivity contribution in [2.24, 2.45) is 0 Å². The lowest BCUT2D eigenvalue weighted by molar-refractivity contribution is 0.773. The van der Waals surface area contributed by atoms with E-state index in [0.29, 0.717) is 5.92 Å². The number of nitrogens with zero attached hydrogens (tertiary/aromatic N) is 4. The third-order valence-electron chi connectivity index (χ3n) is 16.1. The van der Waals surface area contributed by atoms with Crippen molar-refractivity contribution in [2.75, 3.05) is 4.90 Å². The third-order valence-corrected chi connectivity index (χ3v) is 16.1. The highest BCUT2D eigenvalue weighted by Crippen LogP contribution is 2.42. The molecule has 1 unspecified atom stereocenters. The standard InChI is InChI=1S/C73H52N4/c1-49-16-12-33-72-73(49)66-27-6-11-32-71(66)77(72)61-22-15-19-55(48-61)52-38-44-58(45-39-52)74(56-40-34-50(35-41-56)53-17-13-20-59(46-53)75-67-28-7-2-23-62(67)63-24-3-8-29-68(63)75)57-42-36-51(37-43-57)54-18-14-21-60(47-54)76-69-30-9-4-25-64(69)65-26-5-10-31-70(65)76/h2-15,17-49H,16H2,1H3. The first-order chi connectivity index (χ1) is 38.1. The van der Waals surface area contributed by atoms with E-state index in [1.807, 2.05) is 0 Å². The van der Waals surface area contributed by atoms with Gasteiger partial charge < -0.3 is 18.6 Å². The van der Waals surface area contributed by atoms with Crippen molar-refractivity contribution in [3.05, 3.63) is 284 Å². The van der Waals surface area contributed by atoms with Crippen molar-refractivity contribution in [1.29, 1.82) is 0 Å². The van der Waals surface area contributed by atoms with Crippen molar-refractivity contribution in [3.63, 3.8) is 0 Å². The van der Waals surface area contributed by atoms with Gasteiger partial charge in [0.05, 0.1) is 27.6 Å². The summed E-state index contributed by atoms with van der Waals surface area (Å²) in [5.74, 6) is 0.472. The molecule has 0 saturated heterocycles. The van der Waals surface area contributed by atoms with Crippen LogP contribution in [-0.2, 0) is 0 Å². The number of fused-ring (bicyclic) bond motifs is 9. The van der Waals surface area contributed by atoms with Crippen LogP contribution in [-0.4, -0.2) is 13.7 Å². The van der Waals surface area contributed by atoms with E-state index in [1.54, 1.807) is 0 Å². The number of rotatable bonds is 9. The number of allylic oxidation sites excluding steroid dienone is 1. The van der Waals surface area contributed by atoms with Gasteiger partial charge in [0.1, 0.15) is 0 Å². The van der Waals surface area contributed by atoms with Crippen LogP contribution in [0.15, 0.2) is 273 Å². The molecule has 364 valence electrons. The summed E-state index contributed by atoms with van der Waals surface area (Å²) in [5, 5.41) is 6.39. The maximum absolute atomic E-state index is 2.45. The molecular weight excluding hydrogens is 933 g/mol. The Morgan fingerprint density at radius 3 is 1.01 bits per heavy atom. The quantitative estimate of drug-likeness (QED) is 0.141. The Labute approximate surface area is 447 Å². The molecule has 0 bridgehead atoms. The topological polar surface area (TPSA) is 18.0 Å². The second kappa shape index (κ2) is 18.2. The predicted octanol–water partition coefficient (Wildman–Crippen LogP) is 19.8. The average molecular weight is 985 g/mol. The lowest BCUT2D eigenvalue weighted by atomic mass is 9.91. The van der Waals surface area contributed by atoms with Gasteiger partial charge in [0.2, 0.25) is 0 Å². The monoisotopic (exact) mass is 984 g/mol. The fourth-order valence-corrected chi connectivity index (χ4v) is 12.5. The number of benzene rings is 11. The van der Waals surface area contributed by atoms with Gasteiger partial charge in [-0.25, -0.2) is 0 Å². The molecule has 1 aliphatic carbocycles. The summed E-state index contributed by atoms with van der Waals surface area (Å²) in [6.07, 6.45) is 5.71. The van der Waals surface area contributed by atoms with Gasteiger partial charge >= 0.3 is 0 Å². The Bertz CT molecular complexity index is 4300. The fraction of sp³-hybridized carbons (Fsp3) is 0.0411. The summed E-state index contributed by atoms with van der Waals surface area (Å²) in [6, 6.07) is 97.8. The van der Waals surface area contributed by atoms with E-state index in [0.717, 1.165) is 46.0 Å². The first-order valence-electron chi connectivity index (χ1n) is 26.8. The van der Waals surface area contributed by atoms with Crippen molar-refractivity contribution < 1.29 is 0 Å². The van der Waals surface area contributed by atoms with Crippen LogP contribution in [0.3, 0.4) is 0 Å². The fourth-order valence-electron chi connectivity index (χ4n) is 12.5. The summed E-state index contributed by atoms with van der Waals surface area (Å²) in [7, 11) is 0. The highest BCUT2D eigenvalue weighted by Gasteiger charge is 2.23. The molecule has 0 fully saturated rings. The molecule has 0 aliphatic heterocycles. The van der Waals surface area contributed by atoms with Gasteiger partial charge in [-0.05, 0) is 160 Å². The molecule has 4 heteroatoms. The Morgan fingerprint density at radius 2 is 0.636 bits per heavy atom. The minimum Gasteiger partial charge on any atom is -0.311 e. The lowest BCUT2D eigenvalue weighted by Gasteiger charge is -2.26. The van der Waals surface area contributed by atoms with E-state index in [-0.39, 0.29) is 0 Å². The Morgan fingerprint density at radius 1 is 0.312 bits per heavy atom. The SMILES string of the molecule is CC1CC=Cc2c1c1ccccc1n2-c1cccc(-c2ccc(N(c3ccc(-c4cccc(-n5c6ccccc6c6ccccc65)c4)cc3)c3ccc(-c4cccc(-n5c6ccccc6c6ccccc65)c4)cc3)cc2)c1. The highest BCUT2D eigenvalue weighted by atomic mass is 15.1. The van der Waals surface area contributed by atoms with Crippen LogP contribution >= 0.6 is 0 Å². The lowest BCUT2D eigenvalue weighted by Crippen LogP contribution is -2.09. The van der Waals surface area contributed by atoms with E-state index in [2.05, 4.69) is 305 Å². The summed E-state index contributed by atoms with van der Waals surface area (Å²) in [4.78, 5) is 2.38.